The van der Waals surface area contributed by atoms with Gasteiger partial charge in [0.15, 0.2) is 0 Å². The number of primary amides is 1. The highest BCUT2D eigenvalue weighted by Crippen LogP contribution is 2.38. The van der Waals surface area contributed by atoms with Crippen molar-refractivity contribution in [3.05, 3.63) is 28.5 Å². The lowest BCUT2D eigenvalue weighted by atomic mass is 10.1. The maximum absolute atomic E-state index is 11.4. The van der Waals surface area contributed by atoms with E-state index >= 15 is 0 Å². The molecule has 0 spiro atoms. The summed E-state index contributed by atoms with van der Waals surface area (Å²) < 4.78 is 5.26. The highest BCUT2D eigenvalue weighted by Gasteiger charge is 2.37. The molecule has 1 unspecified atom stereocenters. The van der Waals surface area contributed by atoms with Gasteiger partial charge in [-0.3, -0.25) is 4.79 Å². The van der Waals surface area contributed by atoms with E-state index in [4.69, 9.17) is 16.2 Å². The van der Waals surface area contributed by atoms with E-state index in [0.29, 0.717) is 23.6 Å². The summed E-state index contributed by atoms with van der Waals surface area (Å²) in [6, 6.07) is 1.60. The normalized spacial score (nSPS) is 21.2. The fraction of sp³-hybridized carbons (Fsp3) is 0.357. The van der Waals surface area contributed by atoms with Gasteiger partial charge in [0.25, 0.3) is 5.91 Å². The lowest BCUT2D eigenvalue weighted by molar-refractivity contribution is 0.0229. The van der Waals surface area contributed by atoms with Gasteiger partial charge >= 0.3 is 0 Å². The number of hydrogen-bond donors (Lipinski definition) is 3. The molecule has 1 saturated heterocycles. The molecule has 1 aliphatic heterocycles. The Bertz CT molecular complexity index is 738. The average molecular weight is 320 g/mol. The van der Waals surface area contributed by atoms with Gasteiger partial charge in [0.1, 0.15) is 16.4 Å². The Balaban J connectivity index is 2.04. The topological polar surface area (TPSA) is 124 Å². The Kier molecular flexibility index (Phi) is 3.59. The maximum atomic E-state index is 11.4. The molecule has 1 fully saturated rings. The molecule has 8 heteroatoms. The third-order valence-corrected chi connectivity index (χ3v) is 5.04. The predicted octanol–water partition coefficient (Wildman–Crippen LogP) is 0.803. The number of hydrogen-bond acceptors (Lipinski definition) is 7. The summed E-state index contributed by atoms with van der Waals surface area (Å²) in [5, 5.41) is 11.2. The number of nitrogens with two attached hydrogens (primary N) is 2. The van der Waals surface area contributed by atoms with Crippen LogP contribution in [0.15, 0.2) is 12.3 Å². The number of anilines is 1. The largest absolute Gasteiger partial charge is 0.383 e. The van der Waals surface area contributed by atoms with Crippen molar-refractivity contribution in [2.24, 2.45) is 5.73 Å². The molecule has 7 nitrogen and oxygen atoms in total. The van der Waals surface area contributed by atoms with Gasteiger partial charge in [0.05, 0.1) is 22.7 Å². The second-order valence-corrected chi connectivity index (χ2v) is 6.29. The van der Waals surface area contributed by atoms with Crippen LogP contribution in [0.2, 0.25) is 0 Å². The molecule has 0 aromatic carbocycles. The van der Waals surface area contributed by atoms with Gasteiger partial charge in [-0.15, -0.1) is 11.3 Å². The molecule has 0 aliphatic carbocycles. The van der Waals surface area contributed by atoms with E-state index in [1.165, 1.54) is 11.3 Å². The zero-order valence-electron chi connectivity index (χ0n) is 12.0. The molecule has 116 valence electrons. The van der Waals surface area contributed by atoms with Gasteiger partial charge in [-0.25, -0.2) is 9.97 Å². The third kappa shape index (κ3) is 2.45. The van der Waals surface area contributed by atoms with Gasteiger partial charge in [0.2, 0.25) is 0 Å². The number of nitrogens with zero attached hydrogens (tertiary/aromatic N) is 2. The number of rotatable bonds is 3. The van der Waals surface area contributed by atoms with Crippen molar-refractivity contribution in [2.75, 3.05) is 18.9 Å². The first-order valence-electron chi connectivity index (χ1n) is 6.74. The van der Waals surface area contributed by atoms with Gasteiger partial charge in [0, 0.05) is 24.8 Å². The third-order valence-electron chi connectivity index (χ3n) is 3.64. The number of carbonyl (C=O) groups is 1. The van der Waals surface area contributed by atoms with Crippen molar-refractivity contribution in [2.45, 2.75) is 18.9 Å². The highest BCUT2D eigenvalue weighted by atomic mass is 32.1. The minimum Gasteiger partial charge on any atom is -0.383 e. The molecule has 0 bridgehead atoms. The van der Waals surface area contributed by atoms with Crippen LogP contribution in [0, 0.1) is 6.92 Å². The number of thiazole rings is 1. The van der Waals surface area contributed by atoms with Crippen LogP contribution in [0.4, 0.5) is 5.82 Å². The summed E-state index contributed by atoms with van der Waals surface area (Å²) in [5.41, 5.74) is 11.5. The molecule has 0 saturated carbocycles. The Morgan fingerprint density at radius 3 is 2.95 bits per heavy atom. The van der Waals surface area contributed by atoms with Crippen LogP contribution in [-0.2, 0) is 10.3 Å². The van der Waals surface area contributed by atoms with Crippen molar-refractivity contribution in [3.63, 3.8) is 0 Å². The molecule has 0 radical (unpaired) electrons. The van der Waals surface area contributed by atoms with E-state index < -0.39 is 11.5 Å². The number of aliphatic hydroxyl groups is 1. The lowest BCUT2D eigenvalue weighted by Crippen LogP contribution is -2.25. The molecule has 3 rings (SSSR count). The summed E-state index contributed by atoms with van der Waals surface area (Å²) in [4.78, 5) is 20.7. The van der Waals surface area contributed by atoms with Crippen LogP contribution < -0.4 is 11.5 Å². The molecule has 2 aromatic rings. The van der Waals surface area contributed by atoms with E-state index in [0.717, 1.165) is 10.6 Å². The molecule has 1 atom stereocenters. The fourth-order valence-electron chi connectivity index (χ4n) is 2.38. The summed E-state index contributed by atoms with van der Waals surface area (Å²) in [7, 11) is 0. The van der Waals surface area contributed by atoms with Crippen LogP contribution in [0.25, 0.3) is 10.4 Å². The van der Waals surface area contributed by atoms with Gasteiger partial charge in [-0.2, -0.15) is 0 Å². The number of aryl methyl sites for hydroxylation is 1. The van der Waals surface area contributed by atoms with E-state index in [9.17, 15) is 9.90 Å². The van der Waals surface area contributed by atoms with Crippen molar-refractivity contribution in [1.82, 2.24) is 9.97 Å². The van der Waals surface area contributed by atoms with E-state index in [2.05, 4.69) is 9.97 Å². The van der Waals surface area contributed by atoms with E-state index in [-0.39, 0.29) is 18.0 Å². The van der Waals surface area contributed by atoms with Crippen LogP contribution in [0.1, 0.15) is 27.5 Å². The second-order valence-electron chi connectivity index (χ2n) is 5.29. The van der Waals surface area contributed by atoms with E-state index in [1.807, 2.05) is 6.92 Å². The molecular formula is C14H16N4O3S. The molecule has 1 aliphatic rings. The zero-order chi connectivity index (χ0) is 15.9. The first-order valence-corrected chi connectivity index (χ1v) is 7.56. The fourth-order valence-corrected chi connectivity index (χ4v) is 3.53. The summed E-state index contributed by atoms with van der Waals surface area (Å²) >= 11 is 1.36. The Morgan fingerprint density at radius 2 is 2.32 bits per heavy atom. The van der Waals surface area contributed by atoms with Crippen LogP contribution in [0.3, 0.4) is 0 Å². The zero-order valence-corrected chi connectivity index (χ0v) is 12.8. The Hall–Kier alpha value is -2.03. The molecular weight excluding hydrogens is 304 g/mol. The number of aromatic nitrogens is 2. The van der Waals surface area contributed by atoms with Crippen LogP contribution in [0.5, 0.6) is 0 Å². The van der Waals surface area contributed by atoms with Gasteiger partial charge in [-0.1, -0.05) is 0 Å². The predicted molar refractivity (Wildman–Crippen MR) is 82.3 cm³/mol. The van der Waals surface area contributed by atoms with Gasteiger partial charge in [-0.05, 0) is 13.0 Å². The number of nitrogen functional groups attached to an aromatic ring is 1. The maximum Gasteiger partial charge on any atom is 0.252 e. The molecule has 3 heterocycles. The summed E-state index contributed by atoms with van der Waals surface area (Å²) in [5.74, 6) is -0.529. The number of ether oxygens (including phenoxy) is 1. The first-order chi connectivity index (χ1) is 10.4. The number of amides is 1. The molecule has 2 aromatic heterocycles. The van der Waals surface area contributed by atoms with Gasteiger partial charge < -0.3 is 21.3 Å². The lowest BCUT2D eigenvalue weighted by Gasteiger charge is -2.16. The highest BCUT2D eigenvalue weighted by molar-refractivity contribution is 7.15. The summed E-state index contributed by atoms with van der Waals surface area (Å²) in [6.07, 6.45) is 2.09. The Morgan fingerprint density at radius 1 is 1.55 bits per heavy atom. The number of carbonyl (C=O) groups excluding carboxylic acids is 1. The molecule has 1 amide bonds. The van der Waals surface area contributed by atoms with E-state index in [1.54, 1.807) is 12.3 Å². The van der Waals surface area contributed by atoms with Crippen LogP contribution in [-0.4, -0.2) is 34.2 Å². The molecule has 5 N–H and O–H groups in total. The monoisotopic (exact) mass is 320 g/mol. The van der Waals surface area contributed by atoms with Crippen molar-refractivity contribution >= 4 is 23.1 Å². The van der Waals surface area contributed by atoms with Crippen molar-refractivity contribution < 1.29 is 14.6 Å². The molecule has 22 heavy (non-hydrogen) atoms. The average Bonchev–Trinajstić information content (AvgIpc) is 3.07. The number of pyridine rings is 1. The van der Waals surface area contributed by atoms with Crippen LogP contribution >= 0.6 is 11.3 Å². The minimum absolute atomic E-state index is 0.0986. The summed E-state index contributed by atoms with van der Waals surface area (Å²) in [6.45, 7) is 2.60. The first kappa shape index (κ1) is 14.9. The van der Waals surface area contributed by atoms with Crippen molar-refractivity contribution in [3.8, 4) is 10.4 Å². The minimum atomic E-state index is -1.04. The Labute approximate surface area is 131 Å². The standard InChI is InChI=1S/C14H16N4O3S/c1-7-10(8-4-9(12(16)19)11(15)17-5-8)22-13(18-7)14(20)2-3-21-6-14/h4-5,20H,2-3,6H2,1H3,(H2,15,17)(H2,16,19). The smallest absolute Gasteiger partial charge is 0.252 e. The quantitative estimate of drug-likeness (QED) is 0.768. The second kappa shape index (κ2) is 5.31. The SMILES string of the molecule is Cc1nc(C2(O)CCOC2)sc1-c1cnc(N)c(C(N)=O)c1. The van der Waals surface area contributed by atoms with Crippen molar-refractivity contribution in [1.29, 1.82) is 0 Å².